The maximum absolute atomic E-state index is 13.1. The number of anilines is 1. The Balaban J connectivity index is 1.80. The van der Waals surface area contributed by atoms with Crippen LogP contribution in [0, 0.1) is 0 Å². The average Bonchev–Trinajstić information content (AvgIpc) is 3.11. The Bertz CT molecular complexity index is 1110. The van der Waals surface area contributed by atoms with Crippen LogP contribution in [0.2, 0.25) is 10.3 Å². The Morgan fingerprint density at radius 3 is 2.16 bits per heavy atom. The van der Waals surface area contributed by atoms with Crippen molar-refractivity contribution in [1.82, 2.24) is 14.8 Å². The lowest BCUT2D eigenvalue weighted by Gasteiger charge is -2.11. The van der Waals surface area contributed by atoms with Gasteiger partial charge in [-0.25, -0.2) is 9.67 Å². The lowest BCUT2D eigenvalue weighted by molar-refractivity contribution is -0.143. The SMILES string of the molecule is O=C(Cc1ccc(Cl)nc1Cl)Nc1ccc(-n2nc(C(F)(F)F)cc2C(F)(F)F)cc1. The van der Waals surface area contributed by atoms with Crippen molar-refractivity contribution < 1.29 is 31.1 Å². The molecule has 1 amide bonds. The molecule has 0 bridgehead atoms. The zero-order chi connectivity index (χ0) is 23.0. The minimum absolute atomic E-state index is 0.0387. The van der Waals surface area contributed by atoms with Gasteiger partial charge in [-0.15, -0.1) is 0 Å². The summed E-state index contributed by atoms with van der Waals surface area (Å²) >= 11 is 11.6. The third-order valence-corrected chi connectivity index (χ3v) is 4.47. The molecule has 2 aromatic heterocycles. The molecule has 0 radical (unpaired) electrons. The van der Waals surface area contributed by atoms with Crippen LogP contribution in [0.3, 0.4) is 0 Å². The van der Waals surface area contributed by atoms with Gasteiger partial charge < -0.3 is 5.32 Å². The van der Waals surface area contributed by atoms with Crippen LogP contribution < -0.4 is 5.32 Å². The van der Waals surface area contributed by atoms with Crippen LogP contribution in [0.1, 0.15) is 17.0 Å². The van der Waals surface area contributed by atoms with E-state index in [2.05, 4.69) is 15.4 Å². The number of rotatable bonds is 4. The fraction of sp³-hybridized carbons (Fsp3) is 0.167. The number of alkyl halides is 6. The molecule has 3 aromatic rings. The number of aromatic nitrogens is 3. The second-order valence-electron chi connectivity index (χ2n) is 6.18. The van der Waals surface area contributed by atoms with Crippen molar-refractivity contribution in [3.8, 4) is 5.69 Å². The monoisotopic (exact) mass is 482 g/mol. The minimum Gasteiger partial charge on any atom is -0.326 e. The van der Waals surface area contributed by atoms with Gasteiger partial charge in [0.25, 0.3) is 0 Å². The van der Waals surface area contributed by atoms with Crippen LogP contribution in [-0.2, 0) is 23.6 Å². The van der Waals surface area contributed by atoms with E-state index >= 15 is 0 Å². The number of carbonyl (C=O) groups is 1. The number of carbonyl (C=O) groups excluding carboxylic acids is 1. The smallest absolute Gasteiger partial charge is 0.326 e. The molecule has 0 saturated heterocycles. The first kappa shape index (κ1) is 22.9. The molecular weight excluding hydrogens is 473 g/mol. The molecule has 0 aliphatic rings. The molecule has 0 aliphatic heterocycles. The van der Waals surface area contributed by atoms with Gasteiger partial charge in [-0.2, -0.15) is 31.4 Å². The fourth-order valence-corrected chi connectivity index (χ4v) is 2.97. The summed E-state index contributed by atoms with van der Waals surface area (Å²) in [6.07, 6.45) is -10.3. The van der Waals surface area contributed by atoms with Gasteiger partial charge in [0.1, 0.15) is 16.0 Å². The molecular formula is C18H10Cl2F6N4O. The third-order valence-electron chi connectivity index (χ3n) is 3.93. The fourth-order valence-electron chi connectivity index (χ4n) is 2.56. The molecule has 3 rings (SSSR count). The first-order valence-electron chi connectivity index (χ1n) is 8.30. The summed E-state index contributed by atoms with van der Waals surface area (Å²) in [5.74, 6) is -0.506. The van der Waals surface area contributed by atoms with Crippen molar-refractivity contribution >= 4 is 34.8 Å². The number of hydrogen-bond acceptors (Lipinski definition) is 3. The summed E-state index contributed by atoms with van der Waals surface area (Å²) in [5.41, 5.74) is -2.94. The van der Waals surface area contributed by atoms with Gasteiger partial charge in [-0.3, -0.25) is 4.79 Å². The Kier molecular flexibility index (Phi) is 6.19. The topological polar surface area (TPSA) is 59.8 Å². The van der Waals surface area contributed by atoms with Crippen molar-refractivity contribution in [2.75, 3.05) is 5.32 Å². The van der Waals surface area contributed by atoms with Crippen LogP contribution in [0.4, 0.5) is 32.0 Å². The standard InChI is InChI=1S/C18H10Cl2F6N4O/c19-14-6-1-9(16(20)28-14)7-15(31)27-10-2-4-11(5-3-10)30-13(18(24,25)26)8-12(29-30)17(21,22)23/h1-6,8H,7H2,(H,27,31). The number of amides is 1. The maximum Gasteiger partial charge on any atom is 0.435 e. The van der Waals surface area contributed by atoms with E-state index in [1.807, 2.05) is 0 Å². The Morgan fingerprint density at radius 1 is 0.968 bits per heavy atom. The van der Waals surface area contributed by atoms with Crippen LogP contribution >= 0.6 is 23.2 Å². The normalized spacial score (nSPS) is 12.1. The van der Waals surface area contributed by atoms with Crippen LogP contribution in [-0.4, -0.2) is 20.7 Å². The maximum atomic E-state index is 13.1. The highest BCUT2D eigenvalue weighted by Crippen LogP contribution is 2.36. The molecule has 1 N–H and O–H groups in total. The second-order valence-corrected chi connectivity index (χ2v) is 6.92. The third kappa shape index (κ3) is 5.47. The number of nitrogens with one attached hydrogen (secondary N) is 1. The van der Waals surface area contributed by atoms with E-state index in [1.165, 1.54) is 24.3 Å². The molecule has 13 heteroatoms. The van der Waals surface area contributed by atoms with Gasteiger partial charge >= 0.3 is 12.4 Å². The molecule has 2 heterocycles. The van der Waals surface area contributed by atoms with E-state index < -0.39 is 29.6 Å². The zero-order valence-corrected chi connectivity index (χ0v) is 16.5. The number of hydrogen-bond donors (Lipinski definition) is 1. The van der Waals surface area contributed by atoms with Gasteiger partial charge in [-0.1, -0.05) is 29.3 Å². The van der Waals surface area contributed by atoms with Crippen molar-refractivity contribution in [3.63, 3.8) is 0 Å². The largest absolute Gasteiger partial charge is 0.435 e. The Hall–Kier alpha value is -2.79. The zero-order valence-electron chi connectivity index (χ0n) is 15.0. The van der Waals surface area contributed by atoms with E-state index in [0.717, 1.165) is 12.1 Å². The molecule has 0 spiro atoms. The van der Waals surface area contributed by atoms with Crippen LogP contribution in [0.5, 0.6) is 0 Å². The quantitative estimate of drug-likeness (QED) is 0.378. The predicted molar refractivity (Wildman–Crippen MR) is 100 cm³/mol. The first-order valence-corrected chi connectivity index (χ1v) is 9.06. The summed E-state index contributed by atoms with van der Waals surface area (Å²) < 4.78 is 78.0. The molecule has 0 fully saturated rings. The molecule has 5 nitrogen and oxygen atoms in total. The van der Waals surface area contributed by atoms with Gasteiger partial charge in [0.2, 0.25) is 5.91 Å². The van der Waals surface area contributed by atoms with E-state index in [4.69, 9.17) is 23.2 Å². The van der Waals surface area contributed by atoms with Gasteiger partial charge in [0.15, 0.2) is 5.69 Å². The summed E-state index contributed by atoms with van der Waals surface area (Å²) in [6, 6.07) is 7.52. The molecule has 0 atom stereocenters. The highest BCUT2D eigenvalue weighted by Gasteiger charge is 2.42. The molecule has 1 aromatic carbocycles. The van der Waals surface area contributed by atoms with Crippen molar-refractivity contribution in [3.05, 3.63) is 69.7 Å². The average molecular weight is 483 g/mol. The molecule has 164 valence electrons. The van der Waals surface area contributed by atoms with E-state index in [0.29, 0.717) is 5.56 Å². The van der Waals surface area contributed by atoms with Gasteiger partial charge in [-0.05, 0) is 35.9 Å². The van der Waals surface area contributed by atoms with Crippen LogP contribution in [0.25, 0.3) is 5.69 Å². The number of pyridine rings is 1. The first-order chi connectivity index (χ1) is 14.3. The lowest BCUT2D eigenvalue weighted by atomic mass is 10.2. The second kappa shape index (κ2) is 8.39. The lowest BCUT2D eigenvalue weighted by Crippen LogP contribution is -2.15. The molecule has 0 aliphatic carbocycles. The highest BCUT2D eigenvalue weighted by molar-refractivity contribution is 6.33. The summed E-state index contributed by atoms with van der Waals surface area (Å²) in [7, 11) is 0. The van der Waals surface area contributed by atoms with E-state index in [-0.39, 0.29) is 38.8 Å². The molecule has 31 heavy (non-hydrogen) atoms. The number of nitrogens with zero attached hydrogens (tertiary/aromatic N) is 3. The van der Waals surface area contributed by atoms with E-state index in [1.54, 1.807) is 0 Å². The highest BCUT2D eigenvalue weighted by atomic mass is 35.5. The van der Waals surface area contributed by atoms with Crippen molar-refractivity contribution in [2.45, 2.75) is 18.8 Å². The van der Waals surface area contributed by atoms with Crippen molar-refractivity contribution in [1.29, 1.82) is 0 Å². The molecule has 0 saturated carbocycles. The van der Waals surface area contributed by atoms with Gasteiger partial charge in [0.05, 0.1) is 12.1 Å². The van der Waals surface area contributed by atoms with Gasteiger partial charge in [0, 0.05) is 11.8 Å². The Labute approximate surface area is 180 Å². The summed E-state index contributed by atoms with van der Waals surface area (Å²) in [4.78, 5) is 15.9. The summed E-state index contributed by atoms with van der Waals surface area (Å²) in [6.45, 7) is 0. The number of halogens is 8. The van der Waals surface area contributed by atoms with E-state index in [9.17, 15) is 31.1 Å². The molecule has 0 unspecified atom stereocenters. The van der Waals surface area contributed by atoms with Crippen LogP contribution in [0.15, 0.2) is 42.5 Å². The van der Waals surface area contributed by atoms with Crippen molar-refractivity contribution in [2.24, 2.45) is 0 Å². The number of benzene rings is 1. The summed E-state index contributed by atoms with van der Waals surface area (Å²) in [5, 5.41) is 5.72. The minimum atomic E-state index is -5.06. The Morgan fingerprint density at radius 2 is 1.61 bits per heavy atom. The predicted octanol–water partition coefficient (Wildman–Crippen LogP) is 5.79.